The molecule has 1 aromatic rings. The second-order valence-electron chi connectivity index (χ2n) is 4.06. The van der Waals surface area contributed by atoms with Gasteiger partial charge in [0.25, 0.3) is 0 Å². The molecule has 1 aliphatic heterocycles. The lowest BCUT2D eigenvalue weighted by molar-refractivity contribution is -0.141. The number of halogens is 2. The number of hydrogen-bond donors (Lipinski definition) is 3. The van der Waals surface area contributed by atoms with Crippen molar-refractivity contribution in [3.05, 3.63) is 28.5 Å². The van der Waals surface area contributed by atoms with Crippen LogP contribution in [0.4, 0.5) is 4.39 Å². The molecule has 6 heteroatoms. The highest BCUT2D eigenvalue weighted by molar-refractivity contribution is 6.32. The number of phenolic OH excluding ortho intramolecular Hbond substituents is 1. The monoisotopic (exact) mass is 259 g/mol. The van der Waals surface area contributed by atoms with Gasteiger partial charge in [-0.25, -0.2) is 4.39 Å². The highest BCUT2D eigenvalue weighted by atomic mass is 35.5. The van der Waals surface area contributed by atoms with Crippen LogP contribution in [-0.2, 0) is 4.79 Å². The summed E-state index contributed by atoms with van der Waals surface area (Å²) < 4.78 is 13.2. The van der Waals surface area contributed by atoms with Gasteiger partial charge >= 0.3 is 5.97 Å². The fourth-order valence-corrected chi connectivity index (χ4v) is 2.23. The zero-order valence-electron chi connectivity index (χ0n) is 8.78. The number of carbonyl (C=O) groups is 1. The molecule has 1 aromatic carbocycles. The molecule has 0 spiro atoms. The van der Waals surface area contributed by atoms with Crippen LogP contribution in [0, 0.1) is 11.7 Å². The molecule has 0 saturated carbocycles. The standard InChI is InChI=1S/C11H11ClFNO3/c12-8-3-6(13)2-7(10(8)15)9-1-5(4-14-9)11(16)17/h2-3,5,9,14-15H,1,4H2,(H,16,17). The minimum atomic E-state index is -0.901. The lowest BCUT2D eigenvalue weighted by atomic mass is 9.99. The summed E-state index contributed by atoms with van der Waals surface area (Å²) in [5.74, 6) is -2.18. The van der Waals surface area contributed by atoms with Crippen LogP contribution >= 0.6 is 11.6 Å². The highest BCUT2D eigenvalue weighted by Gasteiger charge is 2.32. The Labute approximate surface area is 102 Å². The molecule has 0 amide bonds. The number of carboxylic acid groups (broad SMARTS) is 1. The van der Waals surface area contributed by atoms with E-state index >= 15 is 0 Å². The summed E-state index contributed by atoms with van der Waals surface area (Å²) in [6.07, 6.45) is 0.308. The van der Waals surface area contributed by atoms with Gasteiger partial charge in [-0.3, -0.25) is 4.79 Å². The molecule has 1 heterocycles. The van der Waals surface area contributed by atoms with Crippen molar-refractivity contribution in [2.24, 2.45) is 5.92 Å². The van der Waals surface area contributed by atoms with E-state index in [2.05, 4.69) is 5.32 Å². The first-order valence-corrected chi connectivity index (χ1v) is 5.51. The largest absolute Gasteiger partial charge is 0.506 e. The Morgan fingerprint density at radius 1 is 1.53 bits per heavy atom. The van der Waals surface area contributed by atoms with Gasteiger partial charge in [0.15, 0.2) is 0 Å². The van der Waals surface area contributed by atoms with Crippen LogP contribution in [0.2, 0.25) is 5.02 Å². The summed E-state index contributed by atoms with van der Waals surface area (Å²) in [5, 5.41) is 21.4. The summed E-state index contributed by atoms with van der Waals surface area (Å²) in [7, 11) is 0. The van der Waals surface area contributed by atoms with Gasteiger partial charge in [-0.05, 0) is 18.6 Å². The Hall–Kier alpha value is -1.33. The fourth-order valence-electron chi connectivity index (χ4n) is 2.01. The number of phenols is 1. The maximum absolute atomic E-state index is 13.2. The molecular weight excluding hydrogens is 249 g/mol. The Morgan fingerprint density at radius 3 is 2.82 bits per heavy atom. The number of hydrogen-bond acceptors (Lipinski definition) is 3. The lowest BCUT2D eigenvalue weighted by Gasteiger charge is -2.13. The molecule has 0 bridgehead atoms. The maximum atomic E-state index is 13.2. The molecule has 0 aromatic heterocycles. The van der Waals surface area contributed by atoms with Crippen molar-refractivity contribution in [2.75, 3.05) is 6.54 Å². The third-order valence-electron chi connectivity index (χ3n) is 2.91. The molecule has 0 radical (unpaired) electrons. The van der Waals surface area contributed by atoms with E-state index in [4.69, 9.17) is 16.7 Å². The Morgan fingerprint density at radius 2 is 2.24 bits per heavy atom. The van der Waals surface area contributed by atoms with Crippen LogP contribution in [0.1, 0.15) is 18.0 Å². The number of rotatable bonds is 2. The second-order valence-corrected chi connectivity index (χ2v) is 4.46. The molecule has 2 rings (SSSR count). The number of aliphatic carboxylic acids is 1. The van der Waals surface area contributed by atoms with Crippen molar-refractivity contribution >= 4 is 17.6 Å². The van der Waals surface area contributed by atoms with E-state index in [1.54, 1.807) is 0 Å². The summed E-state index contributed by atoms with van der Waals surface area (Å²) in [6, 6.07) is 1.80. The third-order valence-corrected chi connectivity index (χ3v) is 3.20. The van der Waals surface area contributed by atoms with E-state index in [1.807, 2.05) is 0 Å². The van der Waals surface area contributed by atoms with E-state index in [9.17, 15) is 14.3 Å². The Kier molecular flexibility index (Phi) is 3.22. The van der Waals surface area contributed by atoms with Gasteiger partial charge < -0.3 is 15.5 Å². The quantitative estimate of drug-likeness (QED) is 0.759. The zero-order chi connectivity index (χ0) is 12.6. The summed E-state index contributed by atoms with van der Waals surface area (Å²) in [5.41, 5.74) is 0.304. The van der Waals surface area contributed by atoms with Crippen LogP contribution in [0.3, 0.4) is 0 Å². The van der Waals surface area contributed by atoms with Crippen molar-refractivity contribution < 1.29 is 19.4 Å². The number of carboxylic acids is 1. The minimum absolute atomic E-state index is 0.0689. The van der Waals surface area contributed by atoms with Crippen LogP contribution < -0.4 is 5.32 Å². The molecule has 92 valence electrons. The smallest absolute Gasteiger partial charge is 0.307 e. The van der Waals surface area contributed by atoms with Crippen LogP contribution in [0.5, 0.6) is 5.75 Å². The molecule has 2 unspecified atom stereocenters. The number of aromatic hydroxyl groups is 1. The normalized spacial score (nSPS) is 23.9. The SMILES string of the molecule is O=C(O)C1CNC(c2cc(F)cc(Cl)c2O)C1. The third kappa shape index (κ3) is 2.35. The lowest BCUT2D eigenvalue weighted by Crippen LogP contribution is -2.17. The molecule has 0 aliphatic carbocycles. The van der Waals surface area contributed by atoms with E-state index < -0.39 is 17.7 Å². The molecular formula is C11H11ClFNO3. The first-order valence-electron chi connectivity index (χ1n) is 5.13. The topological polar surface area (TPSA) is 69.6 Å². The van der Waals surface area contributed by atoms with Gasteiger partial charge in [0.05, 0.1) is 10.9 Å². The number of benzene rings is 1. The first-order chi connectivity index (χ1) is 7.99. The van der Waals surface area contributed by atoms with Gasteiger partial charge in [0.2, 0.25) is 0 Å². The molecule has 3 N–H and O–H groups in total. The van der Waals surface area contributed by atoms with Crippen molar-refractivity contribution in [1.82, 2.24) is 5.32 Å². The van der Waals surface area contributed by atoms with E-state index in [0.717, 1.165) is 6.07 Å². The van der Waals surface area contributed by atoms with E-state index in [1.165, 1.54) is 6.07 Å². The highest BCUT2D eigenvalue weighted by Crippen LogP contribution is 2.37. The van der Waals surface area contributed by atoms with Crippen molar-refractivity contribution in [3.8, 4) is 5.75 Å². The molecule has 1 saturated heterocycles. The predicted molar refractivity (Wildman–Crippen MR) is 59.6 cm³/mol. The average Bonchev–Trinajstić information content (AvgIpc) is 2.72. The maximum Gasteiger partial charge on any atom is 0.307 e. The molecule has 2 atom stereocenters. The van der Waals surface area contributed by atoms with Crippen LogP contribution in [0.25, 0.3) is 0 Å². The van der Waals surface area contributed by atoms with Gasteiger partial charge in [-0.1, -0.05) is 11.6 Å². The van der Waals surface area contributed by atoms with Crippen molar-refractivity contribution in [1.29, 1.82) is 0 Å². The van der Waals surface area contributed by atoms with Crippen molar-refractivity contribution in [3.63, 3.8) is 0 Å². The summed E-state index contributed by atoms with van der Waals surface area (Å²) in [4.78, 5) is 10.8. The second kappa shape index (κ2) is 4.50. The van der Waals surface area contributed by atoms with E-state index in [-0.39, 0.29) is 16.8 Å². The van der Waals surface area contributed by atoms with Crippen LogP contribution in [-0.4, -0.2) is 22.7 Å². The van der Waals surface area contributed by atoms with Gasteiger partial charge in [0.1, 0.15) is 11.6 Å². The first kappa shape index (κ1) is 12.1. The summed E-state index contributed by atoms with van der Waals surface area (Å²) >= 11 is 5.66. The number of nitrogens with one attached hydrogen (secondary N) is 1. The molecule has 4 nitrogen and oxygen atoms in total. The predicted octanol–water partition coefficient (Wildman–Crippen LogP) is 1.92. The molecule has 17 heavy (non-hydrogen) atoms. The fraction of sp³-hybridized carbons (Fsp3) is 0.364. The van der Waals surface area contributed by atoms with Gasteiger partial charge in [-0.15, -0.1) is 0 Å². The van der Waals surface area contributed by atoms with Crippen LogP contribution in [0.15, 0.2) is 12.1 Å². The van der Waals surface area contributed by atoms with E-state index in [0.29, 0.717) is 18.5 Å². The minimum Gasteiger partial charge on any atom is -0.506 e. The van der Waals surface area contributed by atoms with Crippen molar-refractivity contribution in [2.45, 2.75) is 12.5 Å². The Balaban J connectivity index is 2.27. The molecule has 1 aliphatic rings. The summed E-state index contributed by atoms with van der Waals surface area (Å²) in [6.45, 7) is 0.299. The molecule has 1 fully saturated rings. The average molecular weight is 260 g/mol. The van der Waals surface area contributed by atoms with Gasteiger partial charge in [-0.2, -0.15) is 0 Å². The zero-order valence-corrected chi connectivity index (χ0v) is 9.54. The Bertz CT molecular complexity index is 466. The van der Waals surface area contributed by atoms with Gasteiger partial charge in [0, 0.05) is 18.2 Å².